The molecule has 0 radical (unpaired) electrons. The monoisotopic (exact) mass is 366 g/mol. The van der Waals surface area contributed by atoms with Crippen molar-refractivity contribution in [3.8, 4) is 0 Å². The first-order valence-electron chi connectivity index (χ1n) is 9.89. The Morgan fingerprint density at radius 1 is 1.04 bits per heavy atom. The van der Waals surface area contributed by atoms with Crippen LogP contribution < -0.4 is 4.90 Å². The molecular formula is C22H30N4O. The lowest BCUT2D eigenvalue weighted by molar-refractivity contribution is 0.0746. The van der Waals surface area contributed by atoms with Crippen LogP contribution in [0.2, 0.25) is 0 Å². The first kappa shape index (κ1) is 19.3. The van der Waals surface area contributed by atoms with E-state index in [9.17, 15) is 4.79 Å². The van der Waals surface area contributed by atoms with Crippen molar-refractivity contribution in [2.45, 2.75) is 47.0 Å². The number of benzene rings is 1. The van der Waals surface area contributed by atoms with Gasteiger partial charge >= 0.3 is 0 Å². The van der Waals surface area contributed by atoms with E-state index in [0.717, 1.165) is 42.4 Å². The first-order chi connectivity index (χ1) is 12.9. The molecule has 1 amide bonds. The van der Waals surface area contributed by atoms with Crippen molar-refractivity contribution in [3.05, 3.63) is 52.5 Å². The summed E-state index contributed by atoms with van der Waals surface area (Å²) in [5, 5.41) is 0. The quantitative estimate of drug-likeness (QED) is 0.827. The predicted octanol–water partition coefficient (Wildman–Crippen LogP) is 3.74. The van der Waals surface area contributed by atoms with Gasteiger partial charge in [0.25, 0.3) is 5.91 Å². The van der Waals surface area contributed by atoms with Gasteiger partial charge in [0.2, 0.25) is 0 Å². The van der Waals surface area contributed by atoms with Crippen LogP contribution in [0.5, 0.6) is 0 Å². The number of rotatable bonds is 4. The maximum absolute atomic E-state index is 12.8. The molecule has 1 saturated heterocycles. The van der Waals surface area contributed by atoms with Gasteiger partial charge in [-0.15, -0.1) is 0 Å². The molecule has 2 heterocycles. The van der Waals surface area contributed by atoms with Crippen LogP contribution in [0.4, 0.5) is 5.82 Å². The molecule has 1 aromatic carbocycles. The van der Waals surface area contributed by atoms with E-state index < -0.39 is 0 Å². The van der Waals surface area contributed by atoms with Gasteiger partial charge in [0, 0.05) is 43.0 Å². The van der Waals surface area contributed by atoms with E-state index in [-0.39, 0.29) is 5.91 Å². The fourth-order valence-corrected chi connectivity index (χ4v) is 3.81. The lowest BCUT2D eigenvalue weighted by Gasteiger charge is -2.37. The summed E-state index contributed by atoms with van der Waals surface area (Å²) < 4.78 is 0. The van der Waals surface area contributed by atoms with Gasteiger partial charge in [0.1, 0.15) is 11.6 Å². The molecule has 0 N–H and O–H groups in total. The van der Waals surface area contributed by atoms with Gasteiger partial charge in [-0.2, -0.15) is 0 Å². The van der Waals surface area contributed by atoms with Crippen LogP contribution in [-0.4, -0.2) is 47.0 Å². The number of aromatic nitrogens is 2. The van der Waals surface area contributed by atoms with Gasteiger partial charge < -0.3 is 9.80 Å². The molecule has 144 valence electrons. The number of piperazine rings is 1. The Morgan fingerprint density at radius 2 is 1.67 bits per heavy atom. The summed E-state index contributed by atoms with van der Waals surface area (Å²) in [7, 11) is 0. The topological polar surface area (TPSA) is 49.3 Å². The molecule has 1 aromatic heterocycles. The van der Waals surface area contributed by atoms with Gasteiger partial charge in [0.15, 0.2) is 0 Å². The predicted molar refractivity (Wildman–Crippen MR) is 110 cm³/mol. The first-order valence-corrected chi connectivity index (χ1v) is 9.89. The number of nitrogens with zero attached hydrogens (tertiary/aromatic N) is 4. The van der Waals surface area contributed by atoms with E-state index >= 15 is 0 Å². The number of hydrogen-bond acceptors (Lipinski definition) is 4. The summed E-state index contributed by atoms with van der Waals surface area (Å²) in [5.74, 6) is 2.34. The lowest BCUT2D eigenvalue weighted by atomic mass is 10.0. The van der Waals surface area contributed by atoms with Crippen molar-refractivity contribution < 1.29 is 4.79 Å². The zero-order chi connectivity index (χ0) is 19.6. The number of amides is 1. The summed E-state index contributed by atoms with van der Waals surface area (Å²) in [4.78, 5) is 26.3. The number of aryl methyl sites for hydroxylation is 3. The second-order valence-corrected chi connectivity index (χ2v) is 7.58. The Balaban J connectivity index is 1.73. The second kappa shape index (κ2) is 8.07. The standard InChI is InChI=1S/C22H30N4O/c1-6-18-7-9-19(10-8-18)22(27)26-13-11-25(12-14-26)21-20(15(2)3)16(4)23-17(5)24-21/h7-10,15H,6,11-14H2,1-5H3. The Morgan fingerprint density at radius 3 is 2.22 bits per heavy atom. The average molecular weight is 367 g/mol. The van der Waals surface area contributed by atoms with E-state index in [4.69, 9.17) is 4.98 Å². The van der Waals surface area contributed by atoms with Crippen molar-refractivity contribution >= 4 is 11.7 Å². The SMILES string of the molecule is CCc1ccc(C(=O)N2CCN(c3nc(C)nc(C)c3C(C)C)CC2)cc1. The van der Waals surface area contributed by atoms with Crippen LogP contribution >= 0.6 is 0 Å². The van der Waals surface area contributed by atoms with E-state index in [1.807, 2.05) is 36.1 Å². The fourth-order valence-electron chi connectivity index (χ4n) is 3.81. The van der Waals surface area contributed by atoms with Crippen molar-refractivity contribution in [1.82, 2.24) is 14.9 Å². The molecule has 1 aliphatic heterocycles. The Hall–Kier alpha value is -2.43. The minimum Gasteiger partial charge on any atom is -0.353 e. The van der Waals surface area contributed by atoms with Crippen molar-refractivity contribution in [2.24, 2.45) is 0 Å². The molecule has 3 rings (SSSR count). The summed E-state index contributed by atoms with van der Waals surface area (Å²) >= 11 is 0. The molecule has 1 fully saturated rings. The van der Waals surface area contributed by atoms with Crippen LogP contribution in [-0.2, 0) is 6.42 Å². The number of anilines is 1. The molecule has 0 atom stereocenters. The third kappa shape index (κ3) is 4.12. The Bertz CT molecular complexity index is 806. The molecular weight excluding hydrogens is 336 g/mol. The highest BCUT2D eigenvalue weighted by Gasteiger charge is 2.26. The van der Waals surface area contributed by atoms with Crippen molar-refractivity contribution in [1.29, 1.82) is 0 Å². The second-order valence-electron chi connectivity index (χ2n) is 7.58. The molecule has 5 heteroatoms. The number of carbonyl (C=O) groups excluding carboxylic acids is 1. The third-order valence-electron chi connectivity index (χ3n) is 5.28. The van der Waals surface area contributed by atoms with E-state index in [0.29, 0.717) is 19.0 Å². The number of hydrogen-bond donors (Lipinski definition) is 0. The van der Waals surface area contributed by atoms with Crippen LogP contribution in [0.3, 0.4) is 0 Å². The molecule has 2 aromatic rings. The minimum absolute atomic E-state index is 0.122. The largest absolute Gasteiger partial charge is 0.353 e. The van der Waals surface area contributed by atoms with Crippen LogP contribution in [0.25, 0.3) is 0 Å². The molecule has 0 spiro atoms. The highest BCUT2D eigenvalue weighted by Crippen LogP contribution is 2.29. The van der Waals surface area contributed by atoms with Gasteiger partial charge in [-0.1, -0.05) is 32.9 Å². The van der Waals surface area contributed by atoms with Gasteiger partial charge in [-0.05, 0) is 43.9 Å². The molecule has 0 aliphatic carbocycles. The normalized spacial score (nSPS) is 14.7. The minimum atomic E-state index is 0.122. The molecule has 27 heavy (non-hydrogen) atoms. The van der Waals surface area contributed by atoms with Gasteiger partial charge in [-0.3, -0.25) is 4.79 Å². The van der Waals surface area contributed by atoms with Gasteiger partial charge in [0.05, 0.1) is 0 Å². The van der Waals surface area contributed by atoms with E-state index in [2.05, 4.69) is 37.6 Å². The third-order valence-corrected chi connectivity index (χ3v) is 5.28. The molecule has 0 bridgehead atoms. The van der Waals surface area contributed by atoms with Crippen molar-refractivity contribution in [3.63, 3.8) is 0 Å². The van der Waals surface area contributed by atoms with Crippen LogP contribution in [0.1, 0.15) is 59.7 Å². The number of carbonyl (C=O) groups is 1. The van der Waals surface area contributed by atoms with Crippen LogP contribution in [0, 0.1) is 13.8 Å². The Labute approximate surface area is 162 Å². The maximum Gasteiger partial charge on any atom is 0.253 e. The zero-order valence-electron chi connectivity index (χ0n) is 17.1. The zero-order valence-corrected chi connectivity index (χ0v) is 17.1. The smallest absolute Gasteiger partial charge is 0.253 e. The molecule has 0 unspecified atom stereocenters. The molecule has 5 nitrogen and oxygen atoms in total. The lowest BCUT2D eigenvalue weighted by Crippen LogP contribution is -2.49. The summed E-state index contributed by atoms with van der Waals surface area (Å²) in [6.07, 6.45) is 0.989. The highest BCUT2D eigenvalue weighted by molar-refractivity contribution is 5.94. The molecule has 1 aliphatic rings. The Kier molecular flexibility index (Phi) is 5.78. The van der Waals surface area contributed by atoms with E-state index in [1.165, 1.54) is 11.1 Å². The fraction of sp³-hybridized carbons (Fsp3) is 0.500. The van der Waals surface area contributed by atoms with E-state index in [1.54, 1.807) is 0 Å². The van der Waals surface area contributed by atoms with Crippen molar-refractivity contribution in [2.75, 3.05) is 31.1 Å². The highest BCUT2D eigenvalue weighted by atomic mass is 16.2. The van der Waals surface area contributed by atoms with Crippen LogP contribution in [0.15, 0.2) is 24.3 Å². The summed E-state index contributed by atoms with van der Waals surface area (Å²) in [6, 6.07) is 7.98. The maximum atomic E-state index is 12.8. The summed E-state index contributed by atoms with van der Waals surface area (Å²) in [6.45, 7) is 13.5. The summed E-state index contributed by atoms with van der Waals surface area (Å²) in [5.41, 5.74) is 4.31. The average Bonchev–Trinajstić information content (AvgIpc) is 2.66. The van der Waals surface area contributed by atoms with Gasteiger partial charge in [-0.25, -0.2) is 9.97 Å². The molecule has 0 saturated carbocycles.